The summed E-state index contributed by atoms with van der Waals surface area (Å²) in [5.74, 6) is 0.739. The van der Waals surface area contributed by atoms with E-state index in [1.54, 1.807) is 23.1 Å². The average molecular weight is 390 g/mol. The van der Waals surface area contributed by atoms with Crippen molar-refractivity contribution in [2.24, 2.45) is 0 Å². The van der Waals surface area contributed by atoms with Gasteiger partial charge in [-0.3, -0.25) is 4.79 Å². The summed E-state index contributed by atoms with van der Waals surface area (Å²) in [6.45, 7) is 5.97. The van der Waals surface area contributed by atoms with E-state index in [4.69, 9.17) is 28.2 Å². The normalized spacial score (nSPS) is 11.1. The van der Waals surface area contributed by atoms with Crippen molar-refractivity contribution < 1.29 is 4.79 Å². The number of hydrogen-bond donors (Lipinski definition) is 0. The Labute approximate surface area is 163 Å². The number of fused-ring (bicyclic) bond motifs is 1. The molecule has 136 valence electrons. The number of carbonyl (C=O) groups is 1. The van der Waals surface area contributed by atoms with E-state index in [0.717, 1.165) is 29.8 Å². The molecule has 26 heavy (non-hydrogen) atoms. The van der Waals surface area contributed by atoms with E-state index in [2.05, 4.69) is 17.6 Å². The van der Waals surface area contributed by atoms with Crippen molar-refractivity contribution in [2.75, 3.05) is 6.54 Å². The number of para-hydroxylation sites is 2. The highest BCUT2D eigenvalue weighted by Crippen LogP contribution is 2.24. The first-order chi connectivity index (χ1) is 12.5. The van der Waals surface area contributed by atoms with E-state index in [0.29, 0.717) is 28.7 Å². The first kappa shape index (κ1) is 18.7. The minimum absolute atomic E-state index is 0.131. The van der Waals surface area contributed by atoms with Gasteiger partial charge < -0.3 is 9.47 Å². The van der Waals surface area contributed by atoms with Gasteiger partial charge in [-0.2, -0.15) is 0 Å². The maximum atomic E-state index is 13.1. The number of halogens is 2. The zero-order valence-electron chi connectivity index (χ0n) is 14.9. The van der Waals surface area contributed by atoms with Crippen LogP contribution in [0.1, 0.15) is 36.5 Å². The largest absolute Gasteiger partial charge is 0.331 e. The highest BCUT2D eigenvalue weighted by Gasteiger charge is 2.21. The molecule has 0 atom stereocenters. The number of benzene rings is 2. The van der Waals surface area contributed by atoms with Crippen LogP contribution >= 0.6 is 23.2 Å². The summed E-state index contributed by atoms with van der Waals surface area (Å²) in [7, 11) is 0. The van der Waals surface area contributed by atoms with Crippen LogP contribution in [-0.4, -0.2) is 26.9 Å². The molecule has 0 unspecified atom stereocenters. The van der Waals surface area contributed by atoms with Gasteiger partial charge in [-0.05, 0) is 43.7 Å². The number of rotatable bonds is 6. The smallest absolute Gasteiger partial charge is 0.255 e. The lowest BCUT2D eigenvalue weighted by Crippen LogP contribution is -2.32. The van der Waals surface area contributed by atoms with Crippen molar-refractivity contribution in [3.63, 3.8) is 0 Å². The van der Waals surface area contributed by atoms with Gasteiger partial charge in [0.05, 0.1) is 28.2 Å². The van der Waals surface area contributed by atoms with Crippen LogP contribution in [0.15, 0.2) is 42.5 Å². The summed E-state index contributed by atoms with van der Waals surface area (Å²) >= 11 is 12.3. The second-order valence-electron chi connectivity index (χ2n) is 6.11. The average Bonchev–Trinajstić information content (AvgIpc) is 2.99. The van der Waals surface area contributed by atoms with Crippen LogP contribution in [0.25, 0.3) is 11.0 Å². The van der Waals surface area contributed by atoms with E-state index >= 15 is 0 Å². The third-order valence-electron chi connectivity index (χ3n) is 4.32. The molecule has 4 nitrogen and oxygen atoms in total. The van der Waals surface area contributed by atoms with Gasteiger partial charge in [0.1, 0.15) is 5.82 Å². The Morgan fingerprint density at radius 3 is 2.65 bits per heavy atom. The summed E-state index contributed by atoms with van der Waals surface area (Å²) in [5, 5.41) is 0.902. The fourth-order valence-electron chi connectivity index (χ4n) is 3.12. The van der Waals surface area contributed by atoms with E-state index in [1.165, 1.54) is 0 Å². The van der Waals surface area contributed by atoms with Crippen LogP contribution in [-0.2, 0) is 13.1 Å². The van der Waals surface area contributed by atoms with Crippen molar-refractivity contribution in [3.8, 4) is 0 Å². The number of amides is 1. The molecule has 3 aromatic rings. The second kappa shape index (κ2) is 8.11. The number of imidazole rings is 1. The maximum Gasteiger partial charge on any atom is 0.255 e. The zero-order valence-corrected chi connectivity index (χ0v) is 16.4. The third kappa shape index (κ3) is 3.71. The Morgan fingerprint density at radius 2 is 1.92 bits per heavy atom. The SMILES string of the molecule is CCCN(Cc1nc2ccccc2n1CC)C(=O)c1cc(Cl)ccc1Cl. The van der Waals surface area contributed by atoms with E-state index < -0.39 is 0 Å². The van der Waals surface area contributed by atoms with E-state index in [9.17, 15) is 4.79 Å². The summed E-state index contributed by atoms with van der Waals surface area (Å²) < 4.78 is 2.14. The summed E-state index contributed by atoms with van der Waals surface area (Å²) in [5.41, 5.74) is 2.44. The molecule has 0 aliphatic rings. The molecule has 6 heteroatoms. The van der Waals surface area contributed by atoms with Gasteiger partial charge in [0.25, 0.3) is 5.91 Å². The highest BCUT2D eigenvalue weighted by atomic mass is 35.5. The molecule has 1 amide bonds. The number of aromatic nitrogens is 2. The molecule has 0 radical (unpaired) electrons. The lowest BCUT2D eigenvalue weighted by Gasteiger charge is -2.23. The standard InChI is InChI=1S/C20H21Cl2N3O/c1-3-11-24(20(26)15-12-14(21)9-10-16(15)22)13-19-23-17-7-5-6-8-18(17)25(19)4-2/h5-10,12H,3-4,11,13H2,1-2H3. The van der Waals surface area contributed by atoms with Crippen molar-refractivity contribution in [1.29, 1.82) is 0 Å². The van der Waals surface area contributed by atoms with Gasteiger partial charge in [0.15, 0.2) is 0 Å². The molecule has 0 fully saturated rings. The molecule has 0 bridgehead atoms. The molecule has 0 saturated carbocycles. The lowest BCUT2D eigenvalue weighted by molar-refractivity contribution is 0.0737. The quantitative estimate of drug-likeness (QED) is 0.564. The first-order valence-electron chi connectivity index (χ1n) is 8.73. The van der Waals surface area contributed by atoms with E-state index in [1.807, 2.05) is 25.1 Å². The van der Waals surface area contributed by atoms with Gasteiger partial charge >= 0.3 is 0 Å². The molecular formula is C20H21Cl2N3O. The van der Waals surface area contributed by atoms with Crippen molar-refractivity contribution in [3.05, 3.63) is 63.9 Å². The molecule has 0 saturated heterocycles. The second-order valence-corrected chi connectivity index (χ2v) is 6.96. The van der Waals surface area contributed by atoms with Gasteiger partial charge in [-0.25, -0.2) is 4.98 Å². The Hall–Kier alpha value is -2.04. The molecular weight excluding hydrogens is 369 g/mol. The van der Waals surface area contributed by atoms with Gasteiger partial charge in [-0.1, -0.05) is 42.3 Å². The van der Waals surface area contributed by atoms with Crippen molar-refractivity contribution >= 4 is 40.1 Å². The molecule has 3 rings (SSSR count). The minimum Gasteiger partial charge on any atom is -0.331 e. The number of carbonyl (C=O) groups excluding carboxylic acids is 1. The van der Waals surface area contributed by atoms with Crippen molar-refractivity contribution in [1.82, 2.24) is 14.5 Å². The predicted octanol–water partition coefficient (Wildman–Crippen LogP) is 5.42. The van der Waals surface area contributed by atoms with Crippen LogP contribution in [0.4, 0.5) is 0 Å². The molecule has 0 aliphatic heterocycles. The lowest BCUT2D eigenvalue weighted by atomic mass is 10.2. The molecule has 0 spiro atoms. The Bertz CT molecular complexity index is 936. The maximum absolute atomic E-state index is 13.1. The molecule has 0 N–H and O–H groups in total. The fraction of sp³-hybridized carbons (Fsp3) is 0.300. The van der Waals surface area contributed by atoms with Crippen LogP contribution in [0.5, 0.6) is 0 Å². The highest BCUT2D eigenvalue weighted by molar-refractivity contribution is 6.35. The van der Waals surface area contributed by atoms with Gasteiger partial charge in [0, 0.05) is 18.1 Å². The number of aryl methyl sites for hydroxylation is 1. The summed E-state index contributed by atoms with van der Waals surface area (Å²) in [4.78, 5) is 19.6. The predicted molar refractivity (Wildman–Crippen MR) is 107 cm³/mol. The first-order valence-corrected chi connectivity index (χ1v) is 9.49. The molecule has 0 aliphatic carbocycles. The third-order valence-corrected chi connectivity index (χ3v) is 4.89. The molecule has 2 aromatic carbocycles. The van der Waals surface area contributed by atoms with Gasteiger partial charge in [-0.15, -0.1) is 0 Å². The topological polar surface area (TPSA) is 38.1 Å². The van der Waals surface area contributed by atoms with Crippen LogP contribution < -0.4 is 0 Å². The summed E-state index contributed by atoms with van der Waals surface area (Å²) in [6.07, 6.45) is 0.844. The Kier molecular flexibility index (Phi) is 5.84. The van der Waals surface area contributed by atoms with Gasteiger partial charge in [0.2, 0.25) is 0 Å². The monoisotopic (exact) mass is 389 g/mol. The van der Waals surface area contributed by atoms with E-state index in [-0.39, 0.29) is 5.91 Å². The molecule has 1 heterocycles. The number of hydrogen-bond acceptors (Lipinski definition) is 2. The Morgan fingerprint density at radius 1 is 1.15 bits per heavy atom. The Balaban J connectivity index is 1.96. The summed E-state index contributed by atoms with van der Waals surface area (Å²) in [6, 6.07) is 13.0. The number of nitrogens with zero attached hydrogens (tertiary/aromatic N) is 3. The van der Waals surface area contributed by atoms with Crippen molar-refractivity contribution in [2.45, 2.75) is 33.4 Å². The van der Waals surface area contributed by atoms with Crippen LogP contribution in [0.2, 0.25) is 10.0 Å². The van der Waals surface area contributed by atoms with Crippen LogP contribution in [0.3, 0.4) is 0 Å². The minimum atomic E-state index is -0.131. The fourth-order valence-corrected chi connectivity index (χ4v) is 3.49. The molecule has 1 aromatic heterocycles. The zero-order chi connectivity index (χ0) is 18.7. The van der Waals surface area contributed by atoms with Crippen LogP contribution in [0, 0.1) is 0 Å².